The van der Waals surface area contributed by atoms with Crippen LogP contribution in [0.4, 0.5) is 0 Å². The van der Waals surface area contributed by atoms with E-state index in [1.165, 1.54) is 5.56 Å². The second-order valence-electron chi connectivity index (χ2n) is 6.98. The van der Waals surface area contributed by atoms with Gasteiger partial charge in [-0.25, -0.2) is 0 Å². The SMILES string of the molecule is CCC(NC(=O)c1n[nH]c2c1CNCC2)C(C)(C)c1ccccc1.Cl. The highest BCUT2D eigenvalue weighted by Gasteiger charge is 2.32. The normalized spacial score (nSPS) is 15.0. The van der Waals surface area contributed by atoms with Crippen LogP contribution in [-0.2, 0) is 18.4 Å². The van der Waals surface area contributed by atoms with Crippen LogP contribution >= 0.6 is 12.4 Å². The predicted octanol–water partition coefficient (Wildman–Crippen LogP) is 2.96. The summed E-state index contributed by atoms with van der Waals surface area (Å²) in [5.74, 6) is -0.0907. The number of nitrogens with zero attached hydrogens (tertiary/aromatic N) is 1. The summed E-state index contributed by atoms with van der Waals surface area (Å²) in [7, 11) is 0. The molecule has 0 bridgehead atoms. The Morgan fingerprint density at radius 3 is 2.72 bits per heavy atom. The van der Waals surface area contributed by atoms with Gasteiger partial charge in [0.2, 0.25) is 0 Å². The molecule has 1 amide bonds. The first kappa shape index (κ1) is 19.5. The lowest BCUT2D eigenvalue weighted by atomic mass is 9.76. The van der Waals surface area contributed by atoms with Crippen molar-refractivity contribution in [2.45, 2.75) is 51.6 Å². The molecule has 2 aromatic rings. The molecule has 6 heteroatoms. The van der Waals surface area contributed by atoms with Crippen molar-refractivity contribution in [2.24, 2.45) is 0 Å². The fraction of sp³-hybridized carbons (Fsp3) is 0.474. The number of aromatic amines is 1. The second-order valence-corrected chi connectivity index (χ2v) is 6.98. The van der Waals surface area contributed by atoms with E-state index in [1.54, 1.807) is 0 Å². The number of rotatable bonds is 5. The van der Waals surface area contributed by atoms with Gasteiger partial charge in [0.05, 0.1) is 0 Å². The van der Waals surface area contributed by atoms with Gasteiger partial charge in [-0.05, 0) is 12.0 Å². The lowest BCUT2D eigenvalue weighted by molar-refractivity contribution is 0.0910. The van der Waals surface area contributed by atoms with Crippen LogP contribution in [0.5, 0.6) is 0 Å². The first-order valence-electron chi connectivity index (χ1n) is 8.67. The molecule has 0 aliphatic carbocycles. The van der Waals surface area contributed by atoms with E-state index in [1.807, 2.05) is 18.2 Å². The molecular weight excluding hydrogens is 336 g/mol. The molecule has 0 saturated carbocycles. The molecule has 1 atom stereocenters. The predicted molar refractivity (Wildman–Crippen MR) is 102 cm³/mol. The Morgan fingerprint density at radius 2 is 2.04 bits per heavy atom. The highest BCUT2D eigenvalue weighted by molar-refractivity contribution is 5.94. The number of halogens is 1. The van der Waals surface area contributed by atoms with Gasteiger partial charge in [-0.3, -0.25) is 9.89 Å². The Balaban J connectivity index is 0.00000225. The minimum absolute atomic E-state index is 0. The Hall–Kier alpha value is -1.85. The Morgan fingerprint density at radius 1 is 1.32 bits per heavy atom. The molecule has 0 spiro atoms. The van der Waals surface area contributed by atoms with Crippen LogP contribution in [0.25, 0.3) is 0 Å². The van der Waals surface area contributed by atoms with Crippen molar-refractivity contribution in [2.75, 3.05) is 6.54 Å². The van der Waals surface area contributed by atoms with E-state index in [4.69, 9.17) is 0 Å². The summed E-state index contributed by atoms with van der Waals surface area (Å²) >= 11 is 0. The van der Waals surface area contributed by atoms with E-state index in [9.17, 15) is 4.79 Å². The van der Waals surface area contributed by atoms with Crippen molar-refractivity contribution in [3.63, 3.8) is 0 Å². The Kier molecular flexibility index (Phi) is 6.25. The first-order valence-corrected chi connectivity index (χ1v) is 8.67. The number of H-pyrrole nitrogens is 1. The third-order valence-corrected chi connectivity index (χ3v) is 5.12. The molecule has 3 N–H and O–H groups in total. The van der Waals surface area contributed by atoms with Crippen molar-refractivity contribution in [1.29, 1.82) is 0 Å². The zero-order chi connectivity index (χ0) is 17.2. The van der Waals surface area contributed by atoms with Crippen LogP contribution < -0.4 is 10.6 Å². The summed E-state index contributed by atoms with van der Waals surface area (Å²) in [6.45, 7) is 8.09. The standard InChI is InChI=1S/C19H26N4O.ClH/c1-4-16(19(2,3)13-8-6-5-7-9-13)21-18(24)17-14-12-20-11-10-15(14)22-23-17;/h5-9,16,20H,4,10-12H2,1-3H3,(H,21,24)(H,22,23);1H. The Labute approximate surface area is 155 Å². The van der Waals surface area contributed by atoms with Crippen LogP contribution in [0.2, 0.25) is 0 Å². The maximum Gasteiger partial charge on any atom is 0.272 e. The lowest BCUT2D eigenvalue weighted by Crippen LogP contribution is -2.47. The fourth-order valence-electron chi connectivity index (χ4n) is 3.50. The minimum Gasteiger partial charge on any atom is -0.347 e. The molecule has 0 radical (unpaired) electrons. The number of carbonyl (C=O) groups excluding carboxylic acids is 1. The average Bonchev–Trinajstić information content (AvgIpc) is 3.04. The molecule has 1 aliphatic rings. The zero-order valence-electron chi connectivity index (χ0n) is 15.1. The van der Waals surface area contributed by atoms with E-state index in [2.05, 4.69) is 53.7 Å². The van der Waals surface area contributed by atoms with Gasteiger partial charge in [-0.2, -0.15) is 5.10 Å². The highest BCUT2D eigenvalue weighted by atomic mass is 35.5. The van der Waals surface area contributed by atoms with Gasteiger partial charge in [0.25, 0.3) is 5.91 Å². The quantitative estimate of drug-likeness (QED) is 0.765. The molecule has 1 unspecified atom stereocenters. The number of nitrogens with one attached hydrogen (secondary N) is 3. The number of fused-ring (bicyclic) bond motifs is 1. The van der Waals surface area contributed by atoms with Gasteiger partial charge in [-0.1, -0.05) is 51.1 Å². The van der Waals surface area contributed by atoms with Gasteiger partial charge >= 0.3 is 0 Å². The molecule has 1 aliphatic heterocycles. The van der Waals surface area contributed by atoms with Crippen molar-refractivity contribution in [1.82, 2.24) is 20.8 Å². The number of carbonyl (C=O) groups is 1. The molecule has 3 rings (SSSR count). The topological polar surface area (TPSA) is 69.8 Å². The molecule has 1 aromatic carbocycles. The summed E-state index contributed by atoms with van der Waals surface area (Å²) in [6.07, 6.45) is 1.75. The average molecular weight is 363 g/mol. The number of hydrogen-bond donors (Lipinski definition) is 3. The third kappa shape index (κ3) is 3.88. The smallest absolute Gasteiger partial charge is 0.272 e. The summed E-state index contributed by atoms with van der Waals surface area (Å²) < 4.78 is 0. The molecule has 136 valence electrons. The van der Waals surface area contributed by atoms with Gasteiger partial charge in [0, 0.05) is 42.2 Å². The number of hydrogen-bond acceptors (Lipinski definition) is 3. The monoisotopic (exact) mass is 362 g/mol. The molecule has 1 aromatic heterocycles. The van der Waals surface area contributed by atoms with Gasteiger partial charge in [0.1, 0.15) is 0 Å². The fourth-order valence-corrected chi connectivity index (χ4v) is 3.50. The third-order valence-electron chi connectivity index (χ3n) is 5.12. The first-order chi connectivity index (χ1) is 11.5. The van der Waals surface area contributed by atoms with Crippen molar-refractivity contribution >= 4 is 18.3 Å². The van der Waals surface area contributed by atoms with Gasteiger partial charge in [-0.15, -0.1) is 12.4 Å². The summed E-state index contributed by atoms with van der Waals surface area (Å²) in [4.78, 5) is 12.8. The minimum atomic E-state index is -0.152. The van der Waals surface area contributed by atoms with Crippen LogP contribution in [-0.4, -0.2) is 28.7 Å². The maximum absolute atomic E-state index is 12.8. The second kappa shape index (κ2) is 8.02. The Bertz CT molecular complexity index is 711. The van der Waals surface area contributed by atoms with Crippen LogP contribution in [0.15, 0.2) is 30.3 Å². The number of benzene rings is 1. The molecule has 25 heavy (non-hydrogen) atoms. The number of aromatic nitrogens is 2. The summed E-state index contributed by atoms with van der Waals surface area (Å²) in [5, 5.41) is 13.8. The van der Waals surface area contributed by atoms with E-state index in [0.29, 0.717) is 12.2 Å². The van der Waals surface area contributed by atoms with E-state index in [0.717, 1.165) is 30.6 Å². The molecule has 0 saturated heterocycles. The van der Waals surface area contributed by atoms with E-state index < -0.39 is 0 Å². The van der Waals surface area contributed by atoms with Crippen LogP contribution in [0, 0.1) is 0 Å². The lowest BCUT2D eigenvalue weighted by Gasteiger charge is -2.35. The summed E-state index contributed by atoms with van der Waals surface area (Å²) in [5.41, 5.74) is 3.68. The van der Waals surface area contributed by atoms with Crippen LogP contribution in [0.3, 0.4) is 0 Å². The maximum atomic E-state index is 12.8. The van der Waals surface area contributed by atoms with Crippen molar-refractivity contribution < 1.29 is 4.79 Å². The highest BCUT2D eigenvalue weighted by Crippen LogP contribution is 2.29. The van der Waals surface area contributed by atoms with E-state index in [-0.39, 0.29) is 29.8 Å². The van der Waals surface area contributed by atoms with Gasteiger partial charge < -0.3 is 10.6 Å². The van der Waals surface area contributed by atoms with Crippen molar-refractivity contribution in [3.05, 3.63) is 52.8 Å². The molecule has 0 fully saturated rings. The molecular formula is C19H27ClN4O. The summed E-state index contributed by atoms with van der Waals surface area (Å²) in [6, 6.07) is 10.4. The van der Waals surface area contributed by atoms with Gasteiger partial charge in [0.15, 0.2) is 5.69 Å². The molecule has 5 nitrogen and oxygen atoms in total. The zero-order valence-corrected chi connectivity index (χ0v) is 15.9. The van der Waals surface area contributed by atoms with Crippen LogP contribution in [0.1, 0.15) is 54.5 Å². The number of amides is 1. The largest absolute Gasteiger partial charge is 0.347 e. The molecule has 2 heterocycles. The van der Waals surface area contributed by atoms with Crippen molar-refractivity contribution in [3.8, 4) is 0 Å². The van der Waals surface area contributed by atoms with E-state index >= 15 is 0 Å².